The number of nitrogens with one attached hydrogen (secondary N) is 2. The molecule has 0 spiro atoms. The van der Waals surface area contributed by atoms with E-state index in [1.807, 2.05) is 0 Å². The van der Waals surface area contributed by atoms with Gasteiger partial charge in [-0.05, 0) is 25.8 Å². The Kier molecular flexibility index (Phi) is 8.92. The van der Waals surface area contributed by atoms with Gasteiger partial charge in [0.2, 0.25) is 5.91 Å². The van der Waals surface area contributed by atoms with Gasteiger partial charge in [-0.3, -0.25) is 4.79 Å². The molecule has 1 saturated heterocycles. The van der Waals surface area contributed by atoms with Gasteiger partial charge in [0, 0.05) is 13.1 Å². The zero-order valence-corrected chi connectivity index (χ0v) is 13.6. The molecule has 2 N–H and O–H groups in total. The van der Waals surface area contributed by atoms with Crippen LogP contribution in [-0.4, -0.2) is 25.5 Å². The summed E-state index contributed by atoms with van der Waals surface area (Å²) in [4.78, 5) is 12.3. The second-order valence-corrected chi connectivity index (χ2v) is 6.29. The van der Waals surface area contributed by atoms with E-state index in [4.69, 9.17) is 0 Å². The molecule has 0 bridgehead atoms. The van der Waals surface area contributed by atoms with Crippen LogP contribution in [0.3, 0.4) is 0 Å². The average molecular weight is 282 g/mol. The molecule has 1 fully saturated rings. The van der Waals surface area contributed by atoms with E-state index < -0.39 is 0 Å². The lowest BCUT2D eigenvalue weighted by molar-refractivity contribution is -0.130. The molecule has 1 rings (SSSR count). The highest BCUT2D eigenvalue weighted by Gasteiger charge is 2.38. The number of carbonyl (C=O) groups is 1. The Morgan fingerprint density at radius 3 is 2.25 bits per heavy atom. The Morgan fingerprint density at radius 1 is 1.05 bits per heavy atom. The molecule has 1 aliphatic rings. The van der Waals surface area contributed by atoms with E-state index in [0.717, 1.165) is 38.9 Å². The van der Waals surface area contributed by atoms with E-state index in [1.165, 1.54) is 44.9 Å². The zero-order valence-electron chi connectivity index (χ0n) is 13.6. The Balaban J connectivity index is 1.99. The van der Waals surface area contributed by atoms with Crippen molar-refractivity contribution in [3.63, 3.8) is 0 Å². The average Bonchev–Trinajstić information content (AvgIpc) is 2.95. The van der Waals surface area contributed by atoms with Gasteiger partial charge in [0.1, 0.15) is 0 Å². The van der Waals surface area contributed by atoms with Gasteiger partial charge in [0.25, 0.3) is 0 Å². The molecule has 0 aliphatic carbocycles. The molecule has 3 nitrogen and oxygen atoms in total. The molecule has 3 heteroatoms. The highest BCUT2D eigenvalue weighted by atomic mass is 16.2. The third-order valence-corrected chi connectivity index (χ3v) is 4.72. The summed E-state index contributed by atoms with van der Waals surface area (Å²) < 4.78 is 0. The van der Waals surface area contributed by atoms with E-state index in [2.05, 4.69) is 24.5 Å². The summed E-state index contributed by atoms with van der Waals surface area (Å²) in [7, 11) is 0. The number of carbonyl (C=O) groups excluding carboxylic acids is 1. The van der Waals surface area contributed by atoms with Crippen molar-refractivity contribution >= 4 is 5.91 Å². The number of amides is 1. The lowest BCUT2D eigenvalue weighted by Crippen LogP contribution is -2.42. The van der Waals surface area contributed by atoms with Crippen LogP contribution in [0.1, 0.15) is 78.1 Å². The van der Waals surface area contributed by atoms with Gasteiger partial charge in [-0.1, -0.05) is 58.8 Å². The Labute approximate surface area is 125 Å². The number of hydrogen-bond donors (Lipinski definition) is 2. The first-order valence-corrected chi connectivity index (χ1v) is 8.74. The zero-order chi connectivity index (χ0) is 14.7. The summed E-state index contributed by atoms with van der Waals surface area (Å²) in [5, 5.41) is 6.47. The van der Waals surface area contributed by atoms with Crippen LogP contribution in [0.4, 0.5) is 0 Å². The lowest BCUT2D eigenvalue weighted by atomic mass is 9.83. The van der Waals surface area contributed by atoms with Crippen molar-refractivity contribution in [3.05, 3.63) is 0 Å². The fourth-order valence-electron chi connectivity index (χ4n) is 3.05. The Hall–Kier alpha value is -0.570. The molecule has 1 heterocycles. The first kappa shape index (κ1) is 17.5. The number of hydrogen-bond acceptors (Lipinski definition) is 2. The van der Waals surface area contributed by atoms with Crippen LogP contribution in [0, 0.1) is 5.41 Å². The largest absolute Gasteiger partial charge is 0.356 e. The van der Waals surface area contributed by atoms with Crippen LogP contribution in [0.5, 0.6) is 0 Å². The Bertz CT molecular complexity index is 260. The third kappa shape index (κ3) is 5.82. The molecule has 1 atom stereocenters. The molecule has 0 aromatic carbocycles. The molecule has 1 aliphatic heterocycles. The van der Waals surface area contributed by atoms with Crippen LogP contribution < -0.4 is 10.6 Å². The maximum atomic E-state index is 12.3. The van der Waals surface area contributed by atoms with Crippen molar-refractivity contribution in [1.82, 2.24) is 10.6 Å². The number of unbranched alkanes of at least 4 members (excludes halogenated alkanes) is 7. The van der Waals surface area contributed by atoms with Gasteiger partial charge in [-0.25, -0.2) is 0 Å². The minimum atomic E-state index is -0.125. The monoisotopic (exact) mass is 282 g/mol. The van der Waals surface area contributed by atoms with Gasteiger partial charge >= 0.3 is 0 Å². The van der Waals surface area contributed by atoms with Crippen LogP contribution >= 0.6 is 0 Å². The highest BCUT2D eigenvalue weighted by molar-refractivity contribution is 5.83. The lowest BCUT2D eigenvalue weighted by Gasteiger charge is -2.25. The summed E-state index contributed by atoms with van der Waals surface area (Å²) >= 11 is 0. The van der Waals surface area contributed by atoms with Gasteiger partial charge in [0.15, 0.2) is 0 Å². The van der Waals surface area contributed by atoms with E-state index >= 15 is 0 Å². The van der Waals surface area contributed by atoms with Gasteiger partial charge in [0.05, 0.1) is 5.41 Å². The van der Waals surface area contributed by atoms with E-state index in [9.17, 15) is 4.79 Å². The van der Waals surface area contributed by atoms with Gasteiger partial charge in [-0.15, -0.1) is 0 Å². The predicted molar refractivity (Wildman–Crippen MR) is 85.8 cm³/mol. The first-order valence-electron chi connectivity index (χ1n) is 8.74. The van der Waals surface area contributed by atoms with Gasteiger partial charge < -0.3 is 10.6 Å². The molecule has 0 saturated carbocycles. The normalized spacial score (nSPS) is 22.1. The van der Waals surface area contributed by atoms with E-state index in [0.29, 0.717) is 0 Å². The summed E-state index contributed by atoms with van der Waals surface area (Å²) in [5.41, 5.74) is -0.125. The van der Waals surface area contributed by atoms with Crippen molar-refractivity contribution in [3.8, 4) is 0 Å². The predicted octanol–water partition coefficient (Wildman–Crippen LogP) is 3.63. The Morgan fingerprint density at radius 2 is 1.70 bits per heavy atom. The number of rotatable bonds is 11. The quantitative estimate of drug-likeness (QED) is 0.568. The van der Waals surface area contributed by atoms with Crippen molar-refractivity contribution in [2.45, 2.75) is 78.1 Å². The van der Waals surface area contributed by atoms with Gasteiger partial charge in [-0.2, -0.15) is 0 Å². The maximum absolute atomic E-state index is 12.3. The molecule has 20 heavy (non-hydrogen) atoms. The second kappa shape index (κ2) is 10.2. The standard InChI is InChI=1S/C17H34N2O/c1-3-5-6-7-8-9-10-11-13-19-16(20)17(4-2)12-14-18-15-17/h18H,3-15H2,1-2H3,(H,19,20). The van der Waals surface area contributed by atoms with Crippen LogP contribution in [0.15, 0.2) is 0 Å². The highest BCUT2D eigenvalue weighted by Crippen LogP contribution is 2.29. The fourth-order valence-corrected chi connectivity index (χ4v) is 3.05. The fraction of sp³-hybridized carbons (Fsp3) is 0.941. The smallest absolute Gasteiger partial charge is 0.227 e. The summed E-state index contributed by atoms with van der Waals surface area (Å²) in [6, 6.07) is 0. The molecular formula is C17H34N2O. The van der Waals surface area contributed by atoms with Crippen molar-refractivity contribution < 1.29 is 4.79 Å². The minimum Gasteiger partial charge on any atom is -0.356 e. The maximum Gasteiger partial charge on any atom is 0.227 e. The van der Waals surface area contributed by atoms with Crippen molar-refractivity contribution in [2.24, 2.45) is 5.41 Å². The second-order valence-electron chi connectivity index (χ2n) is 6.29. The molecular weight excluding hydrogens is 248 g/mol. The van der Waals surface area contributed by atoms with Crippen molar-refractivity contribution in [2.75, 3.05) is 19.6 Å². The third-order valence-electron chi connectivity index (χ3n) is 4.72. The summed E-state index contributed by atoms with van der Waals surface area (Å²) in [5.74, 6) is 0.271. The van der Waals surface area contributed by atoms with Crippen LogP contribution in [0.2, 0.25) is 0 Å². The molecule has 0 aromatic rings. The molecule has 1 amide bonds. The first-order chi connectivity index (χ1) is 9.75. The minimum absolute atomic E-state index is 0.125. The van der Waals surface area contributed by atoms with Crippen LogP contribution in [0.25, 0.3) is 0 Å². The summed E-state index contributed by atoms with van der Waals surface area (Å²) in [6.07, 6.45) is 12.5. The van der Waals surface area contributed by atoms with E-state index in [-0.39, 0.29) is 11.3 Å². The summed E-state index contributed by atoms with van der Waals surface area (Å²) in [6.45, 7) is 7.08. The molecule has 118 valence electrons. The molecule has 1 unspecified atom stereocenters. The van der Waals surface area contributed by atoms with Crippen molar-refractivity contribution in [1.29, 1.82) is 0 Å². The topological polar surface area (TPSA) is 41.1 Å². The van der Waals surface area contributed by atoms with E-state index in [1.54, 1.807) is 0 Å². The molecule has 0 radical (unpaired) electrons. The van der Waals surface area contributed by atoms with Crippen LogP contribution in [-0.2, 0) is 4.79 Å². The molecule has 0 aromatic heterocycles. The SMILES string of the molecule is CCCCCCCCCCNC(=O)C1(CC)CCNC1.